The van der Waals surface area contributed by atoms with Gasteiger partial charge < -0.3 is 25.5 Å². The third-order valence-electron chi connectivity index (χ3n) is 4.63. The average Bonchev–Trinajstić information content (AvgIpc) is 3.22. The molecule has 0 saturated heterocycles. The van der Waals surface area contributed by atoms with Crippen LogP contribution in [0.3, 0.4) is 0 Å². The third kappa shape index (κ3) is 5.88. The van der Waals surface area contributed by atoms with Gasteiger partial charge in [-0.1, -0.05) is 19.4 Å². The number of methoxy groups -OCH3 is 1. The van der Waals surface area contributed by atoms with Gasteiger partial charge in [0.1, 0.15) is 5.75 Å². The molecule has 1 aliphatic heterocycles. The van der Waals surface area contributed by atoms with E-state index in [1.807, 2.05) is 54.5 Å². The number of carbonyl (C=O) groups is 1. The zero-order chi connectivity index (χ0) is 21.3. The molecule has 2 amide bonds. The molecule has 0 unspecified atom stereocenters. The number of rotatable bonds is 9. The fourth-order valence-electron chi connectivity index (χ4n) is 2.93. The Morgan fingerprint density at radius 2 is 1.93 bits per heavy atom. The van der Waals surface area contributed by atoms with E-state index in [0.717, 1.165) is 36.2 Å². The van der Waals surface area contributed by atoms with Crippen molar-refractivity contribution < 1.29 is 14.3 Å². The molecule has 30 heavy (non-hydrogen) atoms. The van der Waals surface area contributed by atoms with Crippen LogP contribution in [0.4, 0.5) is 21.9 Å². The number of benzene rings is 2. The van der Waals surface area contributed by atoms with Crippen molar-refractivity contribution in [3.63, 3.8) is 0 Å². The highest BCUT2D eigenvalue weighted by Crippen LogP contribution is 2.23. The second-order valence-electron chi connectivity index (χ2n) is 7.02. The number of carbonyl (C=O) groups excluding carboxylic acids is 1. The quantitative estimate of drug-likeness (QED) is 0.455. The number of nitrogens with one attached hydrogen (secondary N) is 4. The highest BCUT2D eigenvalue weighted by molar-refractivity contribution is 6.00. The number of hydrogen-bond donors (Lipinski definition) is 4. The van der Waals surface area contributed by atoms with Gasteiger partial charge in [-0.3, -0.25) is 5.01 Å². The molecule has 0 atom stereocenters. The van der Waals surface area contributed by atoms with Gasteiger partial charge in [0.2, 0.25) is 0 Å². The molecule has 0 radical (unpaired) electrons. The summed E-state index contributed by atoms with van der Waals surface area (Å²) in [4.78, 5) is 12.4. The van der Waals surface area contributed by atoms with Crippen molar-refractivity contribution in [3.8, 4) is 5.75 Å². The first-order chi connectivity index (χ1) is 14.6. The van der Waals surface area contributed by atoms with Gasteiger partial charge in [0.05, 0.1) is 5.69 Å². The number of ether oxygens (including phenoxy) is 2. The van der Waals surface area contributed by atoms with Gasteiger partial charge in [-0.15, -0.1) is 5.53 Å². The van der Waals surface area contributed by atoms with Crippen molar-refractivity contribution >= 4 is 23.1 Å². The fraction of sp³-hybridized carbons (Fsp3) is 0.318. The van der Waals surface area contributed by atoms with Crippen LogP contribution in [0.25, 0.3) is 0 Å². The maximum atomic E-state index is 12.4. The molecule has 0 aliphatic carbocycles. The van der Waals surface area contributed by atoms with E-state index in [2.05, 4.69) is 28.5 Å². The lowest BCUT2D eigenvalue weighted by Gasteiger charge is -2.16. The van der Waals surface area contributed by atoms with E-state index in [1.54, 1.807) is 13.2 Å². The summed E-state index contributed by atoms with van der Waals surface area (Å²) in [5.41, 5.74) is 10.7. The van der Waals surface area contributed by atoms with Gasteiger partial charge >= 0.3 is 6.03 Å². The Hall–Kier alpha value is -3.23. The number of aryl methyl sites for hydroxylation is 1. The van der Waals surface area contributed by atoms with Crippen molar-refractivity contribution in [1.29, 1.82) is 0 Å². The summed E-state index contributed by atoms with van der Waals surface area (Å²) in [6, 6.07) is 12.8. The summed E-state index contributed by atoms with van der Waals surface area (Å²) >= 11 is 0. The Bertz CT molecular complexity index is 883. The van der Waals surface area contributed by atoms with Crippen molar-refractivity contribution in [2.45, 2.75) is 33.1 Å². The molecule has 0 aromatic heterocycles. The van der Waals surface area contributed by atoms with Crippen LogP contribution in [0.2, 0.25) is 0 Å². The second-order valence-corrected chi connectivity index (χ2v) is 7.02. The standard InChI is InChI=1S/C22H29N5O3/c1-4-5-6-18-14-27(26-25-18)19-10-8-17(9-11-19)23-22(28)24-21-13-20(30-15-29-3)12-7-16(21)2/h7-14,25-26H,4-6,15H2,1-3H3,(H2,23,24,28). The number of allylic oxidation sites excluding steroid dienone is 1. The van der Waals surface area contributed by atoms with E-state index < -0.39 is 0 Å². The smallest absolute Gasteiger partial charge is 0.323 e. The molecule has 8 nitrogen and oxygen atoms in total. The van der Waals surface area contributed by atoms with Crippen LogP contribution in [-0.4, -0.2) is 19.9 Å². The van der Waals surface area contributed by atoms with Crippen molar-refractivity contribution in [2.75, 3.05) is 29.5 Å². The fourth-order valence-corrected chi connectivity index (χ4v) is 2.93. The van der Waals surface area contributed by atoms with Crippen LogP contribution < -0.4 is 31.3 Å². The Labute approximate surface area is 177 Å². The highest BCUT2D eigenvalue weighted by Gasteiger charge is 2.13. The van der Waals surface area contributed by atoms with Crippen LogP contribution in [0.5, 0.6) is 5.75 Å². The third-order valence-corrected chi connectivity index (χ3v) is 4.63. The Balaban J connectivity index is 1.57. The van der Waals surface area contributed by atoms with E-state index in [9.17, 15) is 4.79 Å². The molecule has 1 aliphatic rings. The topological polar surface area (TPSA) is 86.9 Å². The number of hydrazine groups is 2. The summed E-state index contributed by atoms with van der Waals surface area (Å²) in [6.07, 6.45) is 5.36. The van der Waals surface area contributed by atoms with Gasteiger partial charge in [0, 0.05) is 36.4 Å². The summed E-state index contributed by atoms with van der Waals surface area (Å²) in [7, 11) is 1.56. The van der Waals surface area contributed by atoms with E-state index in [0.29, 0.717) is 17.1 Å². The minimum Gasteiger partial charge on any atom is -0.467 e. The van der Waals surface area contributed by atoms with Gasteiger partial charge in [0.15, 0.2) is 6.79 Å². The maximum absolute atomic E-state index is 12.4. The first kappa shape index (κ1) is 21.5. The van der Waals surface area contributed by atoms with Gasteiger partial charge in [-0.25, -0.2) is 4.79 Å². The predicted molar refractivity (Wildman–Crippen MR) is 119 cm³/mol. The van der Waals surface area contributed by atoms with E-state index in [1.165, 1.54) is 0 Å². The first-order valence-electron chi connectivity index (χ1n) is 10.0. The number of hydrogen-bond acceptors (Lipinski definition) is 6. The zero-order valence-electron chi connectivity index (χ0n) is 17.6. The molecule has 0 saturated carbocycles. The van der Waals surface area contributed by atoms with Gasteiger partial charge in [-0.2, -0.15) is 0 Å². The van der Waals surface area contributed by atoms with Gasteiger partial charge in [0.25, 0.3) is 0 Å². The Morgan fingerprint density at radius 1 is 1.13 bits per heavy atom. The second kappa shape index (κ2) is 10.5. The van der Waals surface area contributed by atoms with E-state index in [4.69, 9.17) is 9.47 Å². The summed E-state index contributed by atoms with van der Waals surface area (Å²) in [6.45, 7) is 4.25. The van der Waals surface area contributed by atoms with Crippen molar-refractivity contribution in [1.82, 2.24) is 11.0 Å². The SMILES string of the molecule is CCCCC1=CN(c2ccc(NC(=O)Nc3cc(OCOC)ccc3C)cc2)NN1. The molecular weight excluding hydrogens is 382 g/mol. The van der Waals surface area contributed by atoms with Crippen LogP contribution in [0.1, 0.15) is 31.7 Å². The van der Waals surface area contributed by atoms with Crippen LogP contribution in [0, 0.1) is 6.92 Å². The largest absolute Gasteiger partial charge is 0.467 e. The Morgan fingerprint density at radius 3 is 2.67 bits per heavy atom. The molecule has 8 heteroatoms. The highest BCUT2D eigenvalue weighted by atomic mass is 16.7. The summed E-state index contributed by atoms with van der Waals surface area (Å²) < 4.78 is 10.3. The number of anilines is 3. The molecule has 0 fully saturated rings. The summed E-state index contributed by atoms with van der Waals surface area (Å²) in [5.74, 6) is 0.625. The summed E-state index contributed by atoms with van der Waals surface area (Å²) in [5, 5.41) is 7.63. The molecule has 2 aromatic carbocycles. The lowest BCUT2D eigenvalue weighted by atomic mass is 10.2. The Kier molecular flexibility index (Phi) is 7.53. The molecule has 4 N–H and O–H groups in total. The lowest BCUT2D eigenvalue weighted by molar-refractivity contribution is 0.0511. The van der Waals surface area contributed by atoms with E-state index in [-0.39, 0.29) is 12.8 Å². The molecular formula is C22H29N5O3. The monoisotopic (exact) mass is 411 g/mol. The molecule has 1 heterocycles. The molecule has 160 valence electrons. The minimum atomic E-state index is -0.322. The zero-order valence-corrected chi connectivity index (χ0v) is 17.6. The number of amides is 2. The average molecular weight is 412 g/mol. The molecule has 0 bridgehead atoms. The first-order valence-corrected chi connectivity index (χ1v) is 10.0. The molecule has 2 aromatic rings. The molecule has 0 spiro atoms. The number of nitrogens with zero attached hydrogens (tertiary/aromatic N) is 1. The van der Waals surface area contributed by atoms with E-state index >= 15 is 0 Å². The maximum Gasteiger partial charge on any atom is 0.323 e. The van der Waals surface area contributed by atoms with Crippen molar-refractivity contribution in [3.05, 3.63) is 59.9 Å². The molecule has 3 rings (SSSR count). The minimum absolute atomic E-state index is 0.151. The van der Waals surface area contributed by atoms with Crippen LogP contribution in [-0.2, 0) is 4.74 Å². The van der Waals surface area contributed by atoms with Crippen LogP contribution >= 0.6 is 0 Å². The lowest BCUT2D eigenvalue weighted by Crippen LogP contribution is -2.36. The van der Waals surface area contributed by atoms with Crippen LogP contribution in [0.15, 0.2) is 54.4 Å². The van der Waals surface area contributed by atoms with Crippen molar-refractivity contribution in [2.24, 2.45) is 0 Å². The number of unbranched alkanes of at least 4 members (excludes halogenated alkanes) is 1. The van der Waals surface area contributed by atoms with Gasteiger partial charge in [-0.05, 0) is 55.7 Å². The number of urea groups is 1. The predicted octanol–water partition coefficient (Wildman–Crippen LogP) is 4.48. The normalized spacial score (nSPS) is 12.9.